The van der Waals surface area contributed by atoms with Gasteiger partial charge in [0, 0.05) is 22.4 Å². The lowest BCUT2D eigenvalue weighted by Gasteiger charge is -1.97. The summed E-state index contributed by atoms with van der Waals surface area (Å²) in [5, 5.41) is 2.10. The smallest absolute Gasteiger partial charge is 0.133 e. The highest BCUT2D eigenvalue weighted by atomic mass is 35.5. The average molecular weight is 167 g/mol. The minimum Gasteiger partial charge on any atom is -0.346 e. The third-order valence-electron chi connectivity index (χ3n) is 2.36. The maximum atomic E-state index is 6.12. The summed E-state index contributed by atoms with van der Waals surface area (Å²) in [5.41, 5.74) is 0.966. The Morgan fingerprint density at radius 1 is 1.64 bits per heavy atom. The van der Waals surface area contributed by atoms with Gasteiger partial charge in [-0.15, -0.1) is 0 Å². The molecule has 2 atom stereocenters. The van der Waals surface area contributed by atoms with Crippen LogP contribution in [0.4, 0.5) is 0 Å². The van der Waals surface area contributed by atoms with Gasteiger partial charge in [0.2, 0.25) is 0 Å². The maximum Gasteiger partial charge on any atom is 0.133 e. The summed E-state index contributed by atoms with van der Waals surface area (Å²) in [6, 6.07) is 2.48. The molecule has 2 nitrogen and oxygen atoms in total. The predicted molar refractivity (Wildman–Crippen MR) is 42.7 cm³/mol. The van der Waals surface area contributed by atoms with Crippen LogP contribution in [0.3, 0.4) is 0 Å². The highest BCUT2D eigenvalue weighted by Gasteiger charge is 2.41. The van der Waals surface area contributed by atoms with Crippen LogP contribution in [0.2, 0.25) is 0 Å². The maximum absolute atomic E-state index is 6.12. The topological polar surface area (TPSA) is 28.1 Å². The van der Waals surface area contributed by atoms with Crippen molar-refractivity contribution in [1.29, 1.82) is 0 Å². The van der Waals surface area contributed by atoms with Crippen LogP contribution in [-0.2, 0) is 0 Å². The summed E-state index contributed by atoms with van der Waals surface area (Å²) in [5.74, 6) is 0.542. The van der Waals surface area contributed by atoms with Crippen molar-refractivity contribution in [1.82, 2.24) is 4.98 Å². The van der Waals surface area contributed by atoms with Gasteiger partial charge in [-0.2, -0.15) is 0 Å². The lowest BCUT2D eigenvalue weighted by Crippen LogP contribution is -2.28. The monoisotopic (exact) mass is 166 g/mol. The van der Waals surface area contributed by atoms with Gasteiger partial charge >= 0.3 is 0 Å². The molecule has 0 bridgehead atoms. The number of H-pyrrole nitrogens is 1. The number of aromatic nitrogens is 1. The zero-order chi connectivity index (χ0) is 7.42. The van der Waals surface area contributed by atoms with E-state index in [-0.39, 0.29) is 0 Å². The molecule has 3 heteroatoms. The molecule has 0 aromatic carbocycles. The molecule has 1 saturated carbocycles. The van der Waals surface area contributed by atoms with Crippen LogP contribution in [0.25, 0.3) is 5.03 Å². The molecule has 1 aromatic rings. The van der Waals surface area contributed by atoms with E-state index in [2.05, 4.69) is 9.98 Å². The highest BCUT2D eigenvalue weighted by Crippen LogP contribution is 2.42. The van der Waals surface area contributed by atoms with Crippen molar-refractivity contribution in [3.8, 4) is 0 Å². The van der Waals surface area contributed by atoms with Gasteiger partial charge in [-0.25, -0.2) is 0 Å². The third-order valence-corrected chi connectivity index (χ3v) is 2.84. The average Bonchev–Trinajstić information content (AvgIpc) is 2.59. The second kappa shape index (κ2) is 1.69. The normalized spacial score (nSPS) is 32.3. The second-order valence-electron chi connectivity index (χ2n) is 3.13. The predicted octanol–water partition coefficient (Wildman–Crippen LogP) is 0.383. The Labute approximate surface area is 68.6 Å². The molecular formula is C8H7ClN2. The molecule has 0 saturated heterocycles. The molecule has 1 N–H and O–H groups in total. The summed E-state index contributed by atoms with van der Waals surface area (Å²) < 4.78 is 0. The summed E-state index contributed by atoms with van der Waals surface area (Å²) >= 11 is 6.12. The molecule has 11 heavy (non-hydrogen) atoms. The number of rotatable bonds is 0. The third kappa shape index (κ3) is 0.653. The summed E-state index contributed by atoms with van der Waals surface area (Å²) in [6.45, 7) is 0. The molecule has 1 fully saturated rings. The standard InChI is InChI=1S/C8H7ClN2/c9-7-4-1-2-10-8(4)11-6-3-5(6)7/h1-2,5-6H,3H2,(H,10,11)/t5?,6-/m0/s1. The molecule has 56 valence electrons. The van der Waals surface area contributed by atoms with Crippen LogP contribution in [-0.4, -0.2) is 11.0 Å². The van der Waals surface area contributed by atoms with E-state index in [1.54, 1.807) is 0 Å². The van der Waals surface area contributed by atoms with E-state index >= 15 is 0 Å². The van der Waals surface area contributed by atoms with E-state index < -0.39 is 0 Å². The Morgan fingerprint density at radius 2 is 2.55 bits per heavy atom. The summed E-state index contributed by atoms with van der Waals surface area (Å²) in [7, 11) is 0. The van der Waals surface area contributed by atoms with Crippen molar-refractivity contribution in [2.75, 3.05) is 0 Å². The van der Waals surface area contributed by atoms with Crippen LogP contribution in [0, 0.1) is 5.92 Å². The number of fused-ring (bicyclic) bond motifs is 2. The van der Waals surface area contributed by atoms with Crippen molar-refractivity contribution < 1.29 is 0 Å². The van der Waals surface area contributed by atoms with Crippen LogP contribution in [0.15, 0.2) is 17.3 Å². The molecule has 0 spiro atoms. The van der Waals surface area contributed by atoms with Gasteiger partial charge in [-0.3, -0.25) is 4.99 Å². The van der Waals surface area contributed by atoms with E-state index in [4.69, 9.17) is 11.6 Å². The zero-order valence-electron chi connectivity index (χ0n) is 5.84. The van der Waals surface area contributed by atoms with E-state index in [0.717, 1.165) is 22.2 Å². The van der Waals surface area contributed by atoms with Crippen LogP contribution in [0.5, 0.6) is 0 Å². The van der Waals surface area contributed by atoms with Crippen molar-refractivity contribution in [3.63, 3.8) is 0 Å². The fourth-order valence-electron chi connectivity index (χ4n) is 1.62. The molecule has 0 amide bonds. The number of aromatic amines is 1. The fourth-order valence-corrected chi connectivity index (χ4v) is 2.01. The highest BCUT2D eigenvalue weighted by molar-refractivity contribution is 6.45. The quantitative estimate of drug-likeness (QED) is 0.578. The zero-order valence-corrected chi connectivity index (χ0v) is 6.60. The summed E-state index contributed by atoms with van der Waals surface area (Å²) in [6.07, 6.45) is 3.03. The molecule has 3 rings (SSSR count). The lowest BCUT2D eigenvalue weighted by atomic mass is 10.3. The first kappa shape index (κ1) is 5.84. The minimum absolute atomic E-state index is 0.480. The number of hydrogen-bond acceptors (Lipinski definition) is 1. The Morgan fingerprint density at radius 3 is 3.45 bits per heavy atom. The van der Waals surface area contributed by atoms with Crippen LogP contribution in [0.1, 0.15) is 6.42 Å². The van der Waals surface area contributed by atoms with Gasteiger partial charge in [0.25, 0.3) is 0 Å². The van der Waals surface area contributed by atoms with Gasteiger partial charge < -0.3 is 4.98 Å². The SMILES string of the molecule is ClC1=c2cc[nH]c2=N[C@H]2CC12. The first-order valence-electron chi connectivity index (χ1n) is 3.77. The van der Waals surface area contributed by atoms with Crippen molar-refractivity contribution in [3.05, 3.63) is 23.0 Å². The minimum atomic E-state index is 0.480. The number of halogens is 1. The Bertz CT molecular complexity index is 418. The Hall–Kier alpha value is -0.760. The first-order chi connectivity index (χ1) is 5.36. The van der Waals surface area contributed by atoms with Gasteiger partial charge in [0.15, 0.2) is 0 Å². The van der Waals surface area contributed by atoms with E-state index in [0.29, 0.717) is 12.0 Å². The number of nitrogens with zero attached hydrogens (tertiary/aromatic N) is 1. The molecule has 1 unspecified atom stereocenters. The Balaban J connectivity index is 2.50. The van der Waals surface area contributed by atoms with E-state index in [1.165, 1.54) is 0 Å². The van der Waals surface area contributed by atoms with Gasteiger partial charge in [-0.1, -0.05) is 11.6 Å². The van der Waals surface area contributed by atoms with Gasteiger partial charge in [0.1, 0.15) is 5.49 Å². The molecule has 1 aliphatic heterocycles. The number of hydrogen-bond donors (Lipinski definition) is 1. The molecule has 2 aliphatic rings. The molecule has 0 radical (unpaired) electrons. The molecule has 1 aliphatic carbocycles. The van der Waals surface area contributed by atoms with Crippen LogP contribution < -0.4 is 10.7 Å². The number of nitrogens with one attached hydrogen (secondary N) is 1. The van der Waals surface area contributed by atoms with Crippen molar-refractivity contribution in [2.24, 2.45) is 10.9 Å². The van der Waals surface area contributed by atoms with Gasteiger partial charge in [-0.05, 0) is 12.5 Å². The second-order valence-corrected chi connectivity index (χ2v) is 3.53. The first-order valence-corrected chi connectivity index (χ1v) is 4.15. The molecule has 2 heterocycles. The largest absolute Gasteiger partial charge is 0.346 e. The van der Waals surface area contributed by atoms with Crippen molar-refractivity contribution >= 4 is 16.6 Å². The lowest BCUT2D eigenvalue weighted by molar-refractivity contribution is 0.903. The van der Waals surface area contributed by atoms with Gasteiger partial charge in [0.05, 0.1) is 6.04 Å². The summed E-state index contributed by atoms with van der Waals surface area (Å²) in [4.78, 5) is 7.54. The molecule has 1 aromatic heterocycles. The fraction of sp³-hybridized carbons (Fsp3) is 0.375. The van der Waals surface area contributed by atoms with E-state index in [1.807, 2.05) is 12.3 Å². The van der Waals surface area contributed by atoms with E-state index in [9.17, 15) is 0 Å². The van der Waals surface area contributed by atoms with Crippen LogP contribution >= 0.6 is 11.6 Å². The Kier molecular flexibility index (Phi) is 0.899. The molecular weight excluding hydrogens is 160 g/mol. The van der Waals surface area contributed by atoms with Crippen molar-refractivity contribution in [2.45, 2.75) is 12.5 Å².